The molecule has 1 amide bonds. The first-order valence-electron chi connectivity index (χ1n) is 10.9. The number of benzene rings is 2. The van der Waals surface area contributed by atoms with E-state index in [1.165, 1.54) is 17.3 Å². The Kier molecular flexibility index (Phi) is 5.57. The maximum Gasteiger partial charge on any atom is 0.254 e. The lowest BCUT2D eigenvalue weighted by Gasteiger charge is -2.34. The van der Waals surface area contributed by atoms with Crippen LogP contribution in [0.25, 0.3) is 11.3 Å². The van der Waals surface area contributed by atoms with Gasteiger partial charge in [0.05, 0.1) is 24.5 Å². The Morgan fingerprint density at radius 1 is 1.12 bits per heavy atom. The van der Waals surface area contributed by atoms with Gasteiger partial charge in [0.15, 0.2) is 0 Å². The fourth-order valence-corrected chi connectivity index (χ4v) is 4.55. The number of aromatic nitrogens is 2. The molecule has 1 fully saturated rings. The van der Waals surface area contributed by atoms with Gasteiger partial charge < -0.3 is 14.5 Å². The van der Waals surface area contributed by atoms with Gasteiger partial charge in [-0.3, -0.25) is 14.8 Å². The van der Waals surface area contributed by atoms with Gasteiger partial charge in [0.25, 0.3) is 5.91 Å². The maximum absolute atomic E-state index is 14.4. The molecule has 32 heavy (non-hydrogen) atoms. The summed E-state index contributed by atoms with van der Waals surface area (Å²) in [6.45, 7) is 2.27. The lowest BCUT2D eigenvalue weighted by atomic mass is 9.99. The number of nitrogens with zero attached hydrogens (tertiary/aromatic N) is 4. The van der Waals surface area contributed by atoms with Gasteiger partial charge in [-0.2, -0.15) is 0 Å². The first kappa shape index (κ1) is 20.6. The van der Waals surface area contributed by atoms with Gasteiger partial charge in [0.2, 0.25) is 0 Å². The van der Waals surface area contributed by atoms with Crippen LogP contribution in [0.5, 0.6) is 0 Å². The molecule has 0 bridgehead atoms. The van der Waals surface area contributed by atoms with Crippen molar-refractivity contribution in [2.45, 2.75) is 18.9 Å². The van der Waals surface area contributed by atoms with Crippen LogP contribution in [-0.4, -0.2) is 54.1 Å². The van der Waals surface area contributed by atoms with Crippen molar-refractivity contribution >= 4 is 11.6 Å². The lowest BCUT2D eigenvalue weighted by molar-refractivity contribution is -0.0246. The molecule has 5 rings (SSSR count). The number of hydrogen-bond donors (Lipinski definition) is 0. The third-order valence-corrected chi connectivity index (χ3v) is 6.19. The van der Waals surface area contributed by atoms with E-state index in [9.17, 15) is 9.18 Å². The second-order valence-corrected chi connectivity index (χ2v) is 8.25. The zero-order valence-electron chi connectivity index (χ0n) is 18.0. The van der Waals surface area contributed by atoms with E-state index in [4.69, 9.17) is 4.74 Å². The van der Waals surface area contributed by atoms with Gasteiger partial charge in [-0.25, -0.2) is 4.39 Å². The second-order valence-electron chi connectivity index (χ2n) is 8.25. The zero-order chi connectivity index (χ0) is 22.1. The Morgan fingerprint density at radius 2 is 1.97 bits per heavy atom. The van der Waals surface area contributed by atoms with Crippen LogP contribution in [0.3, 0.4) is 0 Å². The van der Waals surface area contributed by atoms with Crippen molar-refractivity contribution in [3.63, 3.8) is 0 Å². The minimum atomic E-state index is -0.472. The van der Waals surface area contributed by atoms with E-state index in [1.807, 2.05) is 18.2 Å². The van der Waals surface area contributed by atoms with Crippen molar-refractivity contribution in [2.75, 3.05) is 38.2 Å². The van der Waals surface area contributed by atoms with Gasteiger partial charge in [0, 0.05) is 49.3 Å². The van der Waals surface area contributed by atoms with E-state index in [0.29, 0.717) is 42.2 Å². The summed E-state index contributed by atoms with van der Waals surface area (Å²) in [6, 6.07) is 12.5. The van der Waals surface area contributed by atoms with E-state index >= 15 is 0 Å². The number of anilines is 1. The van der Waals surface area contributed by atoms with Crippen LogP contribution in [0.2, 0.25) is 0 Å². The van der Waals surface area contributed by atoms with Crippen LogP contribution in [-0.2, 0) is 11.2 Å². The third kappa shape index (κ3) is 3.84. The number of morpholine rings is 1. The summed E-state index contributed by atoms with van der Waals surface area (Å²) < 4.78 is 20.4. The number of carbonyl (C=O) groups excluding carboxylic acids is 1. The molecule has 1 atom stereocenters. The molecule has 164 valence electrons. The molecular formula is C25H25FN4O2. The SMILES string of the molecule is CN1CCCc2cc(C(=O)N3CCOC(c4nccnc4-c4ccccc4F)C3)ccc21. The number of rotatable bonds is 3. The normalized spacial score (nSPS) is 18.4. The Morgan fingerprint density at radius 3 is 2.84 bits per heavy atom. The largest absolute Gasteiger partial charge is 0.374 e. The fraction of sp³-hybridized carbons (Fsp3) is 0.320. The van der Waals surface area contributed by atoms with Crippen molar-refractivity contribution in [1.29, 1.82) is 0 Å². The minimum Gasteiger partial charge on any atom is -0.374 e. The summed E-state index contributed by atoms with van der Waals surface area (Å²) in [5, 5.41) is 0. The van der Waals surface area contributed by atoms with Gasteiger partial charge in [-0.15, -0.1) is 0 Å². The Hall–Kier alpha value is -3.32. The van der Waals surface area contributed by atoms with Crippen molar-refractivity contribution in [2.24, 2.45) is 0 Å². The Balaban J connectivity index is 1.40. The highest BCUT2D eigenvalue weighted by atomic mass is 19.1. The van der Waals surface area contributed by atoms with Crippen molar-refractivity contribution in [1.82, 2.24) is 14.9 Å². The third-order valence-electron chi connectivity index (χ3n) is 6.19. The number of amides is 1. The Bertz CT molecular complexity index is 1150. The molecule has 0 aliphatic carbocycles. The predicted octanol–water partition coefficient (Wildman–Crippen LogP) is 3.88. The van der Waals surface area contributed by atoms with Crippen LogP contribution in [0.4, 0.5) is 10.1 Å². The smallest absolute Gasteiger partial charge is 0.254 e. The number of ether oxygens (including phenoxy) is 1. The molecule has 1 unspecified atom stereocenters. The molecule has 2 aromatic carbocycles. The number of carbonyl (C=O) groups is 1. The summed E-state index contributed by atoms with van der Waals surface area (Å²) in [7, 11) is 2.08. The van der Waals surface area contributed by atoms with E-state index < -0.39 is 6.10 Å². The average molecular weight is 432 g/mol. The highest BCUT2D eigenvalue weighted by molar-refractivity contribution is 5.95. The standard InChI is InChI=1S/C25H25FN4O2/c1-29-12-4-5-17-15-18(8-9-21(17)29)25(31)30-13-14-32-22(16-30)24-23(27-10-11-28-24)19-6-2-3-7-20(19)26/h2-3,6-11,15,22H,4-5,12-14,16H2,1H3. The molecule has 0 radical (unpaired) electrons. The summed E-state index contributed by atoms with van der Waals surface area (Å²) in [4.78, 5) is 26.2. The number of aryl methyl sites for hydroxylation is 1. The summed E-state index contributed by atoms with van der Waals surface area (Å²) in [5.41, 5.74) is 4.46. The molecule has 1 saturated heterocycles. The molecule has 0 N–H and O–H groups in total. The molecule has 6 nitrogen and oxygen atoms in total. The lowest BCUT2D eigenvalue weighted by Crippen LogP contribution is -2.42. The maximum atomic E-state index is 14.4. The van der Waals surface area contributed by atoms with Crippen LogP contribution < -0.4 is 4.90 Å². The minimum absolute atomic E-state index is 0.0225. The topological polar surface area (TPSA) is 58.6 Å². The van der Waals surface area contributed by atoms with Crippen LogP contribution >= 0.6 is 0 Å². The van der Waals surface area contributed by atoms with E-state index in [2.05, 4.69) is 21.9 Å². The quantitative estimate of drug-likeness (QED) is 0.629. The summed E-state index contributed by atoms with van der Waals surface area (Å²) in [5.74, 6) is -0.386. The molecule has 0 spiro atoms. The monoisotopic (exact) mass is 432 g/mol. The second kappa shape index (κ2) is 8.67. The van der Waals surface area contributed by atoms with E-state index in [1.54, 1.807) is 35.5 Å². The fourth-order valence-electron chi connectivity index (χ4n) is 4.55. The van der Waals surface area contributed by atoms with Gasteiger partial charge >= 0.3 is 0 Å². The van der Waals surface area contributed by atoms with Crippen LogP contribution in [0, 0.1) is 5.82 Å². The van der Waals surface area contributed by atoms with Crippen LogP contribution in [0.15, 0.2) is 54.9 Å². The highest BCUT2D eigenvalue weighted by Crippen LogP contribution is 2.31. The highest BCUT2D eigenvalue weighted by Gasteiger charge is 2.30. The molecule has 2 aliphatic heterocycles. The van der Waals surface area contributed by atoms with Crippen molar-refractivity contribution < 1.29 is 13.9 Å². The van der Waals surface area contributed by atoms with E-state index in [-0.39, 0.29) is 11.7 Å². The molecule has 3 heterocycles. The van der Waals surface area contributed by atoms with Crippen molar-refractivity contribution in [3.05, 3.63) is 77.5 Å². The molecular weight excluding hydrogens is 407 g/mol. The number of hydrogen-bond acceptors (Lipinski definition) is 5. The van der Waals surface area contributed by atoms with Gasteiger partial charge in [-0.05, 0) is 48.7 Å². The Labute approximate surface area is 186 Å². The number of fused-ring (bicyclic) bond motifs is 1. The van der Waals surface area contributed by atoms with Gasteiger partial charge in [0.1, 0.15) is 11.9 Å². The first-order chi connectivity index (χ1) is 15.6. The summed E-state index contributed by atoms with van der Waals surface area (Å²) in [6.07, 6.45) is 4.72. The molecule has 2 aliphatic rings. The molecule has 7 heteroatoms. The van der Waals surface area contributed by atoms with Crippen molar-refractivity contribution in [3.8, 4) is 11.3 Å². The predicted molar refractivity (Wildman–Crippen MR) is 120 cm³/mol. The summed E-state index contributed by atoms with van der Waals surface area (Å²) >= 11 is 0. The van der Waals surface area contributed by atoms with Crippen LogP contribution in [0.1, 0.15) is 34.1 Å². The van der Waals surface area contributed by atoms with E-state index in [0.717, 1.165) is 19.4 Å². The first-order valence-corrected chi connectivity index (χ1v) is 10.9. The molecule has 1 aromatic heterocycles. The zero-order valence-corrected chi connectivity index (χ0v) is 18.0. The average Bonchev–Trinajstić information content (AvgIpc) is 2.84. The molecule has 0 saturated carbocycles. The van der Waals surface area contributed by atoms with Gasteiger partial charge in [-0.1, -0.05) is 12.1 Å². The molecule has 3 aromatic rings. The number of halogens is 1.